The Balaban J connectivity index is 2.15. The van der Waals surface area contributed by atoms with Crippen LogP contribution in [-0.4, -0.2) is 18.2 Å². The van der Waals surface area contributed by atoms with Crippen LogP contribution in [0.25, 0.3) is 20.1 Å². The van der Waals surface area contributed by atoms with E-state index in [9.17, 15) is 4.39 Å². The third kappa shape index (κ3) is 2.36. The van der Waals surface area contributed by atoms with Crippen LogP contribution in [0.4, 0.5) is 10.1 Å². The van der Waals surface area contributed by atoms with E-state index in [0.717, 1.165) is 23.9 Å². The number of rotatable bonds is 2. The van der Waals surface area contributed by atoms with Gasteiger partial charge in [0.1, 0.15) is 15.7 Å². The first-order chi connectivity index (χ1) is 9.58. The van der Waals surface area contributed by atoms with Crippen LogP contribution in [0.5, 0.6) is 0 Å². The molecule has 0 aliphatic heterocycles. The molecule has 3 aromatic rings. The number of thiophene rings is 1. The first-order valence-electron chi connectivity index (χ1n) is 5.66. The summed E-state index contributed by atoms with van der Waals surface area (Å²) in [6.07, 6.45) is 1.55. The van der Waals surface area contributed by atoms with Crippen molar-refractivity contribution in [3.8, 4) is 10.6 Å². The third-order valence-corrected chi connectivity index (χ3v) is 5.45. The van der Waals surface area contributed by atoms with Gasteiger partial charge in [-0.25, -0.2) is 9.37 Å². The SMILES string of the molecule is CN=Cc1cc(-c2nc3sc(Br)cc3s2)cc(F)c1N. The second-order valence-electron chi connectivity index (χ2n) is 4.09. The molecule has 0 radical (unpaired) electrons. The molecule has 0 bridgehead atoms. The van der Waals surface area contributed by atoms with Crippen molar-refractivity contribution in [2.24, 2.45) is 4.99 Å². The minimum absolute atomic E-state index is 0.112. The number of hydrogen-bond acceptors (Lipinski definition) is 5. The van der Waals surface area contributed by atoms with Crippen molar-refractivity contribution in [2.75, 3.05) is 12.8 Å². The maximum Gasteiger partial charge on any atom is 0.147 e. The molecule has 0 saturated heterocycles. The van der Waals surface area contributed by atoms with Gasteiger partial charge in [-0.2, -0.15) is 0 Å². The topological polar surface area (TPSA) is 51.3 Å². The van der Waals surface area contributed by atoms with Gasteiger partial charge in [-0.3, -0.25) is 4.99 Å². The molecule has 2 N–H and O–H groups in total. The summed E-state index contributed by atoms with van der Waals surface area (Å²) in [5.41, 5.74) is 7.10. The number of nitrogens with two attached hydrogens (primary N) is 1. The lowest BCUT2D eigenvalue weighted by Gasteiger charge is -2.04. The summed E-state index contributed by atoms with van der Waals surface area (Å²) in [5.74, 6) is -0.447. The molecule has 0 spiro atoms. The summed E-state index contributed by atoms with van der Waals surface area (Å²) in [4.78, 5) is 9.37. The molecule has 102 valence electrons. The highest BCUT2D eigenvalue weighted by molar-refractivity contribution is 9.11. The van der Waals surface area contributed by atoms with E-state index in [2.05, 4.69) is 25.9 Å². The van der Waals surface area contributed by atoms with E-state index in [0.29, 0.717) is 5.56 Å². The van der Waals surface area contributed by atoms with Crippen LogP contribution in [-0.2, 0) is 0 Å². The largest absolute Gasteiger partial charge is 0.396 e. The summed E-state index contributed by atoms with van der Waals surface area (Å²) >= 11 is 6.52. The van der Waals surface area contributed by atoms with Gasteiger partial charge in [-0.05, 0) is 34.1 Å². The number of fused-ring (bicyclic) bond motifs is 1. The van der Waals surface area contributed by atoms with E-state index in [-0.39, 0.29) is 5.69 Å². The fraction of sp³-hybridized carbons (Fsp3) is 0.0769. The van der Waals surface area contributed by atoms with Gasteiger partial charge in [-0.1, -0.05) is 0 Å². The van der Waals surface area contributed by atoms with Gasteiger partial charge in [0.25, 0.3) is 0 Å². The Morgan fingerprint density at radius 2 is 2.15 bits per heavy atom. The molecular weight excluding hydrogens is 361 g/mol. The van der Waals surface area contributed by atoms with E-state index in [4.69, 9.17) is 5.73 Å². The summed E-state index contributed by atoms with van der Waals surface area (Å²) < 4.78 is 16.0. The lowest BCUT2D eigenvalue weighted by atomic mass is 10.1. The molecule has 2 aromatic heterocycles. The Kier molecular flexibility index (Phi) is 3.57. The molecule has 7 heteroatoms. The van der Waals surface area contributed by atoms with Crippen LogP contribution in [0.15, 0.2) is 27.0 Å². The van der Waals surface area contributed by atoms with Gasteiger partial charge in [0.15, 0.2) is 0 Å². The summed E-state index contributed by atoms with van der Waals surface area (Å²) in [5, 5.41) is 0.781. The molecule has 0 amide bonds. The van der Waals surface area contributed by atoms with E-state index in [1.54, 1.807) is 24.6 Å². The number of anilines is 1. The molecule has 0 atom stereocenters. The van der Waals surface area contributed by atoms with Crippen molar-refractivity contribution < 1.29 is 4.39 Å². The van der Waals surface area contributed by atoms with Crippen molar-refractivity contribution in [1.29, 1.82) is 0 Å². The van der Waals surface area contributed by atoms with Crippen molar-refractivity contribution in [3.05, 3.63) is 33.4 Å². The molecule has 20 heavy (non-hydrogen) atoms. The molecule has 0 fully saturated rings. The number of nitrogen functional groups attached to an aromatic ring is 1. The molecule has 1 aromatic carbocycles. The Labute approximate surface area is 131 Å². The standard InChI is InChI=1S/C13H9BrFN3S2/c1-17-5-7-2-6(3-8(15)11(7)16)12-18-13-9(19-12)4-10(14)20-13/h2-5H,16H2,1H3. The number of benzene rings is 1. The number of aromatic nitrogens is 1. The van der Waals surface area contributed by atoms with Crippen LogP contribution in [0.2, 0.25) is 0 Å². The van der Waals surface area contributed by atoms with Gasteiger partial charge >= 0.3 is 0 Å². The predicted molar refractivity (Wildman–Crippen MR) is 88.5 cm³/mol. The van der Waals surface area contributed by atoms with Crippen LogP contribution in [0.3, 0.4) is 0 Å². The number of thiazole rings is 1. The Morgan fingerprint density at radius 1 is 1.35 bits per heavy atom. The minimum Gasteiger partial charge on any atom is -0.396 e. The first-order valence-corrected chi connectivity index (χ1v) is 8.08. The Hall–Kier alpha value is -1.31. The lowest BCUT2D eigenvalue weighted by molar-refractivity contribution is 0.633. The summed E-state index contributed by atoms with van der Waals surface area (Å²) in [6.45, 7) is 0. The number of hydrogen-bond donors (Lipinski definition) is 1. The average Bonchev–Trinajstić information content (AvgIpc) is 2.92. The van der Waals surface area contributed by atoms with E-state index >= 15 is 0 Å². The van der Waals surface area contributed by atoms with Crippen LogP contribution >= 0.6 is 38.6 Å². The molecule has 3 nitrogen and oxygen atoms in total. The van der Waals surface area contributed by atoms with Gasteiger partial charge in [0, 0.05) is 24.4 Å². The highest BCUT2D eigenvalue weighted by Gasteiger charge is 2.13. The molecule has 0 aliphatic rings. The molecular formula is C13H9BrFN3S2. The smallest absolute Gasteiger partial charge is 0.147 e. The zero-order valence-electron chi connectivity index (χ0n) is 10.4. The fourth-order valence-corrected chi connectivity index (χ4v) is 4.61. The zero-order chi connectivity index (χ0) is 14.3. The van der Waals surface area contributed by atoms with E-state index in [1.165, 1.54) is 17.4 Å². The molecule has 3 rings (SSSR count). The predicted octanol–water partition coefficient (Wildman–Crippen LogP) is 4.56. The Morgan fingerprint density at radius 3 is 2.85 bits per heavy atom. The van der Waals surface area contributed by atoms with Crippen LogP contribution in [0, 0.1) is 5.82 Å². The second kappa shape index (κ2) is 5.23. The molecule has 0 unspecified atom stereocenters. The fourth-order valence-electron chi connectivity index (χ4n) is 1.84. The van der Waals surface area contributed by atoms with Crippen molar-refractivity contribution in [2.45, 2.75) is 0 Å². The monoisotopic (exact) mass is 369 g/mol. The average molecular weight is 370 g/mol. The van der Waals surface area contributed by atoms with Crippen molar-refractivity contribution in [3.63, 3.8) is 0 Å². The van der Waals surface area contributed by atoms with E-state index < -0.39 is 5.82 Å². The zero-order valence-corrected chi connectivity index (χ0v) is 13.6. The summed E-state index contributed by atoms with van der Waals surface area (Å²) in [6, 6.07) is 5.24. The van der Waals surface area contributed by atoms with Gasteiger partial charge in [0.05, 0.1) is 14.2 Å². The van der Waals surface area contributed by atoms with Gasteiger partial charge < -0.3 is 5.73 Å². The quantitative estimate of drug-likeness (QED) is 0.531. The first kappa shape index (κ1) is 13.7. The molecule has 0 aliphatic carbocycles. The Bertz CT molecular complexity index is 791. The van der Waals surface area contributed by atoms with Crippen LogP contribution in [0.1, 0.15) is 5.56 Å². The summed E-state index contributed by atoms with van der Waals surface area (Å²) in [7, 11) is 1.63. The highest BCUT2D eigenvalue weighted by Crippen LogP contribution is 2.38. The van der Waals surface area contributed by atoms with Crippen molar-refractivity contribution >= 4 is 60.0 Å². The molecule has 0 saturated carbocycles. The number of aliphatic imine (C=N–C) groups is 1. The van der Waals surface area contributed by atoms with Crippen molar-refractivity contribution in [1.82, 2.24) is 4.98 Å². The maximum absolute atomic E-state index is 13.9. The lowest BCUT2D eigenvalue weighted by Crippen LogP contribution is -1.98. The van der Waals surface area contributed by atoms with Gasteiger partial charge in [0.2, 0.25) is 0 Å². The third-order valence-electron chi connectivity index (χ3n) is 2.74. The van der Waals surface area contributed by atoms with E-state index in [1.807, 2.05) is 12.1 Å². The minimum atomic E-state index is -0.447. The highest BCUT2D eigenvalue weighted by atomic mass is 79.9. The number of halogens is 2. The van der Waals surface area contributed by atoms with Gasteiger partial charge in [-0.15, -0.1) is 22.7 Å². The normalized spacial score (nSPS) is 11.8. The molecule has 2 heterocycles. The number of nitrogens with zero attached hydrogens (tertiary/aromatic N) is 2. The second-order valence-corrected chi connectivity index (χ2v) is 7.53. The van der Waals surface area contributed by atoms with Crippen LogP contribution < -0.4 is 5.73 Å². The maximum atomic E-state index is 13.9.